The van der Waals surface area contributed by atoms with Gasteiger partial charge in [-0.1, -0.05) is 4.33 Å². The summed E-state index contributed by atoms with van der Waals surface area (Å²) in [7, 11) is -4.28. The zero-order valence-corrected chi connectivity index (χ0v) is 7.01. The summed E-state index contributed by atoms with van der Waals surface area (Å²) in [5.74, 6) is 0. The molecule has 0 aliphatic carbocycles. The van der Waals surface area contributed by atoms with Crippen LogP contribution in [-0.4, -0.2) is 28.1 Å². The molecule has 0 spiro atoms. The normalized spacial score (nSPS) is 12.3. The third kappa shape index (κ3) is 6.40. The fourth-order valence-electron chi connectivity index (χ4n) is 0.302. The Hall–Kier alpha value is -0.310. The number of alkyl halides is 2. The predicted molar refractivity (Wildman–Crippen MR) is 33.6 cm³/mol. The minimum Gasteiger partial charge on any atom is -0.247 e. The maximum absolute atomic E-state index is 11.4. The van der Waals surface area contributed by atoms with Crippen molar-refractivity contribution in [3.05, 3.63) is 0 Å². The lowest BCUT2D eigenvalue weighted by molar-refractivity contribution is -0.230. The highest BCUT2D eigenvalue weighted by atomic mass is 32.3. The molecule has 0 N–H and O–H groups in total. The van der Waals surface area contributed by atoms with Crippen molar-refractivity contribution in [3.8, 4) is 0 Å². The van der Waals surface area contributed by atoms with Crippen LogP contribution in [0.2, 0.25) is 0 Å². The van der Waals surface area contributed by atoms with Crippen LogP contribution in [0.5, 0.6) is 0 Å². The summed E-state index contributed by atoms with van der Waals surface area (Å²) in [6.45, 7) is 0.126. The predicted octanol–water partition coefficient (Wildman–Crippen LogP) is 0.481. The van der Waals surface area contributed by atoms with Crippen molar-refractivity contribution in [1.82, 2.24) is 0 Å². The van der Waals surface area contributed by atoms with E-state index in [4.69, 9.17) is 0 Å². The number of hydrogen-bond donors (Lipinski definition) is 0. The second-order valence-corrected chi connectivity index (χ2v) is 2.75. The maximum atomic E-state index is 11.4. The average molecular weight is 206 g/mol. The highest BCUT2D eigenvalue weighted by molar-refractivity contribution is 7.81. The molecule has 0 fully saturated rings. The third-order valence-corrected chi connectivity index (χ3v) is 1.37. The Bertz CT molecular complexity index is 201. The summed E-state index contributed by atoms with van der Waals surface area (Å²) >= 11 is 0. The van der Waals surface area contributed by atoms with Crippen molar-refractivity contribution < 1.29 is 30.6 Å². The lowest BCUT2D eigenvalue weighted by Crippen LogP contribution is -2.13. The molecule has 0 radical (unpaired) electrons. The molecule has 0 unspecified atom stereocenters. The van der Waals surface area contributed by atoms with Gasteiger partial charge < -0.3 is 0 Å². The molecule has 0 heterocycles. The fraction of sp³-hybridized carbons (Fsp3) is 1.00. The minimum atomic E-state index is -4.28. The Morgan fingerprint density at radius 3 is 2.42 bits per heavy atom. The van der Waals surface area contributed by atoms with Crippen molar-refractivity contribution in [2.75, 3.05) is 13.2 Å². The van der Waals surface area contributed by atoms with Gasteiger partial charge in [-0.25, -0.2) is 17.9 Å². The summed E-state index contributed by atoms with van der Waals surface area (Å²) in [5.41, 5.74) is 0. The van der Waals surface area contributed by atoms with Crippen molar-refractivity contribution >= 4 is 10.4 Å². The molecule has 0 aromatic rings. The summed E-state index contributed by atoms with van der Waals surface area (Å²) < 4.78 is 51.0. The Labute approximate surface area is 68.5 Å². The van der Waals surface area contributed by atoms with Crippen LogP contribution in [0.3, 0.4) is 0 Å². The number of halogens is 2. The third-order valence-electron chi connectivity index (χ3n) is 0.588. The smallest absolute Gasteiger partial charge is 0.247 e. The van der Waals surface area contributed by atoms with Crippen LogP contribution < -0.4 is 0 Å². The first kappa shape index (κ1) is 11.7. The van der Waals surface area contributed by atoms with Gasteiger partial charge in [-0.05, 0) is 6.92 Å². The van der Waals surface area contributed by atoms with E-state index in [-0.39, 0.29) is 6.61 Å². The minimum absolute atomic E-state index is 0.152. The van der Waals surface area contributed by atoms with Crippen LogP contribution in [-0.2, 0) is 23.8 Å². The summed E-state index contributed by atoms with van der Waals surface area (Å²) in [6.07, 6.45) is -2.79. The molecule has 0 saturated carbocycles. The van der Waals surface area contributed by atoms with Crippen molar-refractivity contribution in [3.63, 3.8) is 0 Å². The van der Waals surface area contributed by atoms with Gasteiger partial charge in [0.25, 0.3) is 6.43 Å². The summed E-state index contributed by atoms with van der Waals surface area (Å²) in [5, 5.41) is 0. The van der Waals surface area contributed by atoms with E-state index < -0.39 is 23.4 Å². The Balaban J connectivity index is 3.62. The molecule has 12 heavy (non-hydrogen) atoms. The Morgan fingerprint density at radius 1 is 1.42 bits per heavy atom. The van der Waals surface area contributed by atoms with Crippen molar-refractivity contribution in [2.24, 2.45) is 0 Å². The highest BCUT2D eigenvalue weighted by Crippen LogP contribution is 1.99. The van der Waals surface area contributed by atoms with E-state index in [0.29, 0.717) is 0 Å². The Morgan fingerprint density at radius 2 is 2.00 bits per heavy atom. The molecule has 0 atom stereocenters. The molecule has 0 saturated heterocycles. The van der Waals surface area contributed by atoms with E-state index in [1.165, 1.54) is 6.92 Å². The van der Waals surface area contributed by atoms with E-state index in [0.717, 1.165) is 0 Å². The van der Waals surface area contributed by atoms with Gasteiger partial charge in [0.15, 0.2) is 0 Å². The van der Waals surface area contributed by atoms with Gasteiger partial charge in [-0.15, -0.1) is 0 Å². The Kier molecular flexibility index (Phi) is 5.22. The zero-order chi connectivity index (χ0) is 9.61. The van der Waals surface area contributed by atoms with Crippen molar-refractivity contribution in [2.45, 2.75) is 13.3 Å². The van der Waals surface area contributed by atoms with Crippen molar-refractivity contribution in [1.29, 1.82) is 0 Å². The first-order valence-corrected chi connectivity index (χ1v) is 4.30. The van der Waals surface area contributed by atoms with Crippen LogP contribution >= 0.6 is 0 Å². The molecule has 0 aromatic carbocycles. The number of hydrogen-bond acceptors (Lipinski definition) is 5. The molecule has 0 aromatic heterocycles. The van der Waals surface area contributed by atoms with Gasteiger partial charge in [-0.2, -0.15) is 8.42 Å². The van der Waals surface area contributed by atoms with Gasteiger partial charge in [0.05, 0.1) is 6.61 Å². The quantitative estimate of drug-likeness (QED) is 0.467. The largest absolute Gasteiger partial charge is 0.426 e. The van der Waals surface area contributed by atoms with Crippen LogP contribution in [0, 0.1) is 0 Å². The fourth-order valence-corrected chi connectivity index (χ4v) is 0.803. The average Bonchev–Trinajstić information content (AvgIpc) is 1.85. The monoisotopic (exact) mass is 206 g/mol. The summed E-state index contributed by atoms with van der Waals surface area (Å²) in [4.78, 5) is 3.65. The molecule has 74 valence electrons. The molecular weight excluding hydrogens is 198 g/mol. The van der Waals surface area contributed by atoms with Gasteiger partial charge in [0.2, 0.25) is 0 Å². The maximum Gasteiger partial charge on any atom is 0.426 e. The summed E-state index contributed by atoms with van der Waals surface area (Å²) in [6, 6.07) is 0. The molecule has 0 aliphatic rings. The molecular formula is C4H8F2O5S. The van der Waals surface area contributed by atoms with Crippen LogP contribution in [0.4, 0.5) is 8.78 Å². The van der Waals surface area contributed by atoms with Gasteiger partial charge in [0.1, 0.15) is 6.61 Å². The highest BCUT2D eigenvalue weighted by Gasteiger charge is 2.13. The lowest BCUT2D eigenvalue weighted by Gasteiger charge is -2.02. The first-order valence-electron chi connectivity index (χ1n) is 2.96. The van der Waals surface area contributed by atoms with Crippen LogP contribution in [0.25, 0.3) is 0 Å². The SMILES string of the molecule is CCOS(=O)(=O)OOCC(F)F. The zero-order valence-electron chi connectivity index (χ0n) is 6.20. The molecule has 0 bridgehead atoms. The van der Waals surface area contributed by atoms with Gasteiger partial charge in [-0.3, -0.25) is 0 Å². The molecule has 8 heteroatoms. The standard InChI is InChI=1S/C4H8F2O5S/c1-2-10-12(7,8)11-9-3-4(5)6/h4H,2-3H2,1H3. The molecule has 5 nitrogen and oxygen atoms in total. The van der Waals surface area contributed by atoms with E-state index in [1.54, 1.807) is 0 Å². The second kappa shape index (κ2) is 5.36. The molecule has 0 rings (SSSR count). The second-order valence-electron chi connectivity index (χ2n) is 1.56. The van der Waals surface area contributed by atoms with E-state index >= 15 is 0 Å². The molecule has 0 aliphatic heterocycles. The topological polar surface area (TPSA) is 61.8 Å². The van der Waals surface area contributed by atoms with Crippen LogP contribution in [0.15, 0.2) is 0 Å². The number of rotatable bonds is 6. The van der Waals surface area contributed by atoms with E-state index in [9.17, 15) is 17.2 Å². The van der Waals surface area contributed by atoms with E-state index in [2.05, 4.69) is 13.4 Å². The van der Waals surface area contributed by atoms with Gasteiger partial charge >= 0.3 is 10.4 Å². The molecule has 0 amide bonds. The van der Waals surface area contributed by atoms with E-state index in [1.807, 2.05) is 0 Å². The first-order chi connectivity index (χ1) is 5.48. The lowest BCUT2D eigenvalue weighted by atomic mass is 10.8. The van der Waals surface area contributed by atoms with Crippen LogP contribution in [0.1, 0.15) is 6.92 Å². The van der Waals surface area contributed by atoms with Gasteiger partial charge in [0, 0.05) is 0 Å².